The molecule has 2 saturated carbocycles. The molecular formula is C15H18N2O. The maximum Gasteiger partial charge on any atom is 0.195 e. The lowest BCUT2D eigenvalue weighted by molar-refractivity contribution is 0.310. The second kappa shape index (κ2) is 3.74. The van der Waals surface area contributed by atoms with Crippen molar-refractivity contribution in [2.24, 2.45) is 17.8 Å². The number of hydrogen-bond donors (Lipinski definition) is 1. The first-order valence-corrected chi connectivity index (χ1v) is 6.93. The van der Waals surface area contributed by atoms with Crippen LogP contribution < -0.4 is 5.73 Å². The fourth-order valence-electron chi connectivity index (χ4n) is 3.93. The van der Waals surface area contributed by atoms with Gasteiger partial charge in [0.25, 0.3) is 0 Å². The van der Waals surface area contributed by atoms with Gasteiger partial charge in [-0.05, 0) is 49.1 Å². The molecule has 0 radical (unpaired) electrons. The standard InChI is InChI=1S/C15H18N2O/c16-12-3-4-13-14(8-12)18-15(17-13)7-11-6-9-1-2-10(11)5-9/h3-4,8-11H,1-2,5-7,16H2/t9-,10+,11?/m0/s1. The van der Waals surface area contributed by atoms with Gasteiger partial charge in [-0.25, -0.2) is 4.98 Å². The van der Waals surface area contributed by atoms with Crippen molar-refractivity contribution in [3.63, 3.8) is 0 Å². The van der Waals surface area contributed by atoms with E-state index in [1.807, 2.05) is 18.2 Å². The Morgan fingerprint density at radius 3 is 3.00 bits per heavy atom. The number of aromatic nitrogens is 1. The van der Waals surface area contributed by atoms with E-state index >= 15 is 0 Å². The summed E-state index contributed by atoms with van der Waals surface area (Å²) >= 11 is 0. The summed E-state index contributed by atoms with van der Waals surface area (Å²) in [6.45, 7) is 0. The lowest BCUT2D eigenvalue weighted by Gasteiger charge is -2.19. The minimum atomic E-state index is 0.741. The number of rotatable bonds is 2. The Kier molecular flexibility index (Phi) is 2.16. The van der Waals surface area contributed by atoms with Crippen LogP contribution in [0.4, 0.5) is 5.69 Å². The van der Waals surface area contributed by atoms with E-state index in [9.17, 15) is 0 Å². The number of hydrogen-bond acceptors (Lipinski definition) is 3. The lowest BCUT2D eigenvalue weighted by atomic mass is 9.86. The predicted octanol–water partition coefficient (Wildman–Crippen LogP) is 3.39. The van der Waals surface area contributed by atoms with E-state index in [0.717, 1.165) is 46.9 Å². The molecule has 0 saturated heterocycles. The first-order chi connectivity index (χ1) is 8.78. The van der Waals surface area contributed by atoms with Gasteiger partial charge in [-0.2, -0.15) is 0 Å². The number of nitrogens with zero attached hydrogens (tertiary/aromatic N) is 1. The molecule has 2 bridgehead atoms. The molecule has 1 unspecified atom stereocenters. The van der Waals surface area contributed by atoms with E-state index in [4.69, 9.17) is 10.2 Å². The van der Waals surface area contributed by atoms with Gasteiger partial charge in [0.1, 0.15) is 5.52 Å². The Bertz CT molecular complexity index is 589. The summed E-state index contributed by atoms with van der Waals surface area (Å²) in [7, 11) is 0. The van der Waals surface area contributed by atoms with Crippen molar-refractivity contribution in [1.29, 1.82) is 0 Å². The molecule has 3 nitrogen and oxygen atoms in total. The van der Waals surface area contributed by atoms with Gasteiger partial charge in [0.15, 0.2) is 11.5 Å². The summed E-state index contributed by atoms with van der Waals surface area (Å²) in [5, 5.41) is 0. The molecule has 0 amide bonds. The van der Waals surface area contributed by atoms with Crippen molar-refractivity contribution in [3.05, 3.63) is 24.1 Å². The highest BCUT2D eigenvalue weighted by atomic mass is 16.3. The average Bonchev–Trinajstić information content (AvgIpc) is 3.02. The summed E-state index contributed by atoms with van der Waals surface area (Å²) in [5.74, 6) is 3.61. The molecule has 3 atom stereocenters. The highest BCUT2D eigenvalue weighted by Crippen LogP contribution is 2.49. The number of benzene rings is 1. The third-order valence-electron chi connectivity index (χ3n) is 4.78. The van der Waals surface area contributed by atoms with Gasteiger partial charge in [-0.1, -0.05) is 6.42 Å². The maximum atomic E-state index is 5.83. The molecule has 1 heterocycles. The Labute approximate surface area is 106 Å². The summed E-state index contributed by atoms with van der Waals surface area (Å²) in [5.41, 5.74) is 8.26. The molecule has 2 aromatic rings. The van der Waals surface area contributed by atoms with Gasteiger partial charge in [0, 0.05) is 18.2 Å². The smallest absolute Gasteiger partial charge is 0.195 e. The quantitative estimate of drug-likeness (QED) is 0.821. The van der Waals surface area contributed by atoms with Crippen LogP contribution in [0.3, 0.4) is 0 Å². The zero-order valence-corrected chi connectivity index (χ0v) is 10.4. The van der Waals surface area contributed by atoms with Crippen LogP contribution in [0, 0.1) is 17.8 Å². The van der Waals surface area contributed by atoms with Crippen LogP contribution in [0.1, 0.15) is 31.6 Å². The second-order valence-electron chi connectivity index (χ2n) is 5.97. The third kappa shape index (κ3) is 1.61. The van der Waals surface area contributed by atoms with Crippen molar-refractivity contribution < 1.29 is 4.42 Å². The van der Waals surface area contributed by atoms with E-state index in [2.05, 4.69) is 4.98 Å². The number of nitrogen functional groups attached to an aromatic ring is 1. The van der Waals surface area contributed by atoms with E-state index in [1.54, 1.807) is 0 Å². The molecule has 2 aliphatic carbocycles. The van der Waals surface area contributed by atoms with E-state index in [0.29, 0.717) is 0 Å². The Balaban J connectivity index is 1.59. The molecule has 2 N–H and O–H groups in total. The van der Waals surface area contributed by atoms with E-state index in [-0.39, 0.29) is 0 Å². The Hall–Kier alpha value is -1.51. The summed E-state index contributed by atoms with van der Waals surface area (Å²) in [4.78, 5) is 4.58. The van der Waals surface area contributed by atoms with E-state index in [1.165, 1.54) is 25.7 Å². The fraction of sp³-hybridized carbons (Fsp3) is 0.533. The molecule has 0 aliphatic heterocycles. The van der Waals surface area contributed by atoms with E-state index < -0.39 is 0 Å². The summed E-state index contributed by atoms with van der Waals surface area (Å²) in [6, 6.07) is 5.69. The molecule has 0 spiro atoms. The summed E-state index contributed by atoms with van der Waals surface area (Å²) in [6.07, 6.45) is 6.70. The maximum absolute atomic E-state index is 5.83. The summed E-state index contributed by atoms with van der Waals surface area (Å²) < 4.78 is 5.83. The van der Waals surface area contributed by atoms with Gasteiger partial charge in [-0.15, -0.1) is 0 Å². The molecule has 4 rings (SSSR count). The molecule has 2 aliphatic rings. The molecule has 18 heavy (non-hydrogen) atoms. The Morgan fingerprint density at radius 2 is 2.22 bits per heavy atom. The number of anilines is 1. The highest BCUT2D eigenvalue weighted by Gasteiger charge is 2.39. The van der Waals surface area contributed by atoms with Crippen molar-refractivity contribution in [2.45, 2.75) is 32.1 Å². The minimum Gasteiger partial charge on any atom is -0.441 e. The van der Waals surface area contributed by atoms with Gasteiger partial charge in [0.05, 0.1) is 0 Å². The topological polar surface area (TPSA) is 52.0 Å². The van der Waals surface area contributed by atoms with Crippen molar-refractivity contribution in [2.75, 3.05) is 5.73 Å². The minimum absolute atomic E-state index is 0.741. The molecule has 94 valence electrons. The molecular weight excluding hydrogens is 224 g/mol. The number of nitrogens with two attached hydrogens (primary N) is 1. The van der Waals surface area contributed by atoms with Gasteiger partial charge < -0.3 is 10.2 Å². The van der Waals surface area contributed by atoms with Crippen LogP contribution in [0.2, 0.25) is 0 Å². The first kappa shape index (κ1) is 10.4. The Morgan fingerprint density at radius 1 is 1.28 bits per heavy atom. The monoisotopic (exact) mass is 242 g/mol. The van der Waals surface area contributed by atoms with Gasteiger partial charge >= 0.3 is 0 Å². The van der Waals surface area contributed by atoms with Crippen molar-refractivity contribution in [1.82, 2.24) is 4.98 Å². The van der Waals surface area contributed by atoms with Crippen molar-refractivity contribution in [3.8, 4) is 0 Å². The molecule has 3 heteroatoms. The average molecular weight is 242 g/mol. The lowest BCUT2D eigenvalue weighted by Crippen LogP contribution is -2.13. The second-order valence-corrected chi connectivity index (χ2v) is 5.97. The third-order valence-corrected chi connectivity index (χ3v) is 4.78. The fourth-order valence-corrected chi connectivity index (χ4v) is 3.93. The highest BCUT2D eigenvalue weighted by molar-refractivity contribution is 5.76. The zero-order chi connectivity index (χ0) is 12.1. The first-order valence-electron chi connectivity index (χ1n) is 6.93. The molecule has 2 fully saturated rings. The van der Waals surface area contributed by atoms with Crippen LogP contribution in [0.5, 0.6) is 0 Å². The van der Waals surface area contributed by atoms with Crippen LogP contribution >= 0.6 is 0 Å². The SMILES string of the molecule is Nc1ccc2nc(CC3C[C@H]4CC[C@@H]3C4)oc2c1. The molecule has 1 aromatic carbocycles. The van der Waals surface area contributed by atoms with Crippen LogP contribution in [-0.4, -0.2) is 4.98 Å². The van der Waals surface area contributed by atoms with Crippen molar-refractivity contribution >= 4 is 16.8 Å². The van der Waals surface area contributed by atoms with Crippen LogP contribution in [-0.2, 0) is 6.42 Å². The van der Waals surface area contributed by atoms with Gasteiger partial charge in [0.2, 0.25) is 0 Å². The van der Waals surface area contributed by atoms with Crippen LogP contribution in [0.25, 0.3) is 11.1 Å². The van der Waals surface area contributed by atoms with Crippen LogP contribution in [0.15, 0.2) is 22.6 Å². The zero-order valence-electron chi connectivity index (χ0n) is 10.4. The molecule has 1 aromatic heterocycles. The normalized spacial score (nSPS) is 30.3. The van der Waals surface area contributed by atoms with Gasteiger partial charge in [-0.3, -0.25) is 0 Å². The number of oxazole rings is 1. The predicted molar refractivity (Wildman–Crippen MR) is 71.1 cm³/mol. The largest absolute Gasteiger partial charge is 0.441 e. The number of fused-ring (bicyclic) bond motifs is 3.